The standard InChI is InChI=1S/C16H26N2/c1-13-12-18(16(3,4)10-11-17-13)14(2)15-8-6-5-7-9-15/h5-9,13-14,17H,10-12H2,1-4H3. The zero-order valence-corrected chi connectivity index (χ0v) is 12.1. The van der Waals surface area contributed by atoms with Crippen LogP contribution in [0.4, 0.5) is 0 Å². The Hall–Kier alpha value is -0.860. The Balaban J connectivity index is 2.23. The molecule has 2 heteroatoms. The van der Waals surface area contributed by atoms with E-state index in [1.165, 1.54) is 12.0 Å². The zero-order valence-electron chi connectivity index (χ0n) is 12.1. The lowest BCUT2D eigenvalue weighted by atomic mass is 9.94. The molecule has 2 nitrogen and oxygen atoms in total. The first-order valence-corrected chi connectivity index (χ1v) is 7.06. The SMILES string of the molecule is CC1CN(C(C)c2ccccc2)C(C)(C)CCN1. The molecule has 2 atom stereocenters. The number of benzene rings is 1. The van der Waals surface area contributed by atoms with Crippen LogP contribution in [0.2, 0.25) is 0 Å². The Morgan fingerprint density at radius 1 is 1.28 bits per heavy atom. The van der Waals surface area contributed by atoms with Gasteiger partial charge in [-0.25, -0.2) is 0 Å². The molecule has 1 aliphatic rings. The Morgan fingerprint density at radius 3 is 2.61 bits per heavy atom. The second-order valence-corrected chi connectivity index (χ2v) is 6.16. The highest BCUT2D eigenvalue weighted by Crippen LogP contribution is 2.31. The molecule has 2 unspecified atom stereocenters. The van der Waals surface area contributed by atoms with Gasteiger partial charge in [-0.15, -0.1) is 0 Å². The summed E-state index contributed by atoms with van der Waals surface area (Å²) < 4.78 is 0. The highest BCUT2D eigenvalue weighted by Gasteiger charge is 2.33. The van der Waals surface area contributed by atoms with Crippen LogP contribution in [-0.2, 0) is 0 Å². The molecular weight excluding hydrogens is 220 g/mol. The van der Waals surface area contributed by atoms with Gasteiger partial charge in [0.05, 0.1) is 0 Å². The van der Waals surface area contributed by atoms with E-state index < -0.39 is 0 Å². The first-order chi connectivity index (χ1) is 8.50. The van der Waals surface area contributed by atoms with Crippen LogP contribution < -0.4 is 5.32 Å². The van der Waals surface area contributed by atoms with Gasteiger partial charge in [0.1, 0.15) is 0 Å². The van der Waals surface area contributed by atoms with Gasteiger partial charge in [-0.2, -0.15) is 0 Å². The third-order valence-electron chi connectivity index (χ3n) is 4.23. The van der Waals surface area contributed by atoms with Crippen molar-refractivity contribution in [3.8, 4) is 0 Å². The molecular formula is C16H26N2. The van der Waals surface area contributed by atoms with Crippen LogP contribution in [-0.4, -0.2) is 29.6 Å². The van der Waals surface area contributed by atoms with Gasteiger partial charge in [-0.1, -0.05) is 30.3 Å². The van der Waals surface area contributed by atoms with Crippen molar-refractivity contribution in [2.24, 2.45) is 0 Å². The van der Waals surface area contributed by atoms with Gasteiger partial charge >= 0.3 is 0 Å². The van der Waals surface area contributed by atoms with Crippen LogP contribution in [0.15, 0.2) is 30.3 Å². The molecule has 1 aromatic carbocycles. The van der Waals surface area contributed by atoms with Crippen molar-refractivity contribution in [3.05, 3.63) is 35.9 Å². The maximum absolute atomic E-state index is 3.59. The van der Waals surface area contributed by atoms with E-state index in [9.17, 15) is 0 Å². The summed E-state index contributed by atoms with van der Waals surface area (Å²) in [5, 5.41) is 3.59. The van der Waals surface area contributed by atoms with E-state index in [0.29, 0.717) is 12.1 Å². The van der Waals surface area contributed by atoms with Gasteiger partial charge in [-0.05, 0) is 46.2 Å². The second kappa shape index (κ2) is 5.41. The highest BCUT2D eigenvalue weighted by molar-refractivity contribution is 5.19. The summed E-state index contributed by atoms with van der Waals surface area (Å²) in [6, 6.07) is 11.9. The summed E-state index contributed by atoms with van der Waals surface area (Å²) in [5.74, 6) is 0. The molecule has 1 aromatic rings. The van der Waals surface area contributed by atoms with Crippen molar-refractivity contribution in [2.75, 3.05) is 13.1 Å². The van der Waals surface area contributed by atoms with E-state index in [0.717, 1.165) is 13.1 Å². The smallest absolute Gasteiger partial charge is 0.0325 e. The Labute approximate surface area is 111 Å². The lowest BCUT2D eigenvalue weighted by Crippen LogP contribution is -2.47. The number of nitrogens with zero attached hydrogens (tertiary/aromatic N) is 1. The number of nitrogens with one attached hydrogen (secondary N) is 1. The molecule has 1 aliphatic heterocycles. The van der Waals surface area contributed by atoms with E-state index in [2.05, 4.69) is 68.2 Å². The van der Waals surface area contributed by atoms with Crippen LogP contribution in [0.25, 0.3) is 0 Å². The largest absolute Gasteiger partial charge is 0.313 e. The lowest BCUT2D eigenvalue weighted by molar-refractivity contribution is 0.0769. The van der Waals surface area contributed by atoms with Crippen molar-refractivity contribution in [1.82, 2.24) is 10.2 Å². The fraction of sp³-hybridized carbons (Fsp3) is 0.625. The van der Waals surface area contributed by atoms with Crippen LogP contribution in [0.3, 0.4) is 0 Å². The van der Waals surface area contributed by atoms with E-state index >= 15 is 0 Å². The summed E-state index contributed by atoms with van der Waals surface area (Å²) in [5.41, 5.74) is 1.67. The predicted octanol–water partition coefficient (Wildman–Crippen LogP) is 3.21. The molecule has 0 aromatic heterocycles. The topological polar surface area (TPSA) is 15.3 Å². The van der Waals surface area contributed by atoms with Gasteiger partial charge in [0.25, 0.3) is 0 Å². The molecule has 0 saturated carbocycles. The molecule has 2 rings (SSSR count). The molecule has 0 radical (unpaired) electrons. The molecule has 100 valence electrons. The number of hydrogen-bond acceptors (Lipinski definition) is 2. The summed E-state index contributed by atoms with van der Waals surface area (Å²) in [4.78, 5) is 2.65. The average Bonchev–Trinajstić information content (AvgIpc) is 2.48. The molecule has 0 aliphatic carbocycles. The Morgan fingerprint density at radius 2 is 1.94 bits per heavy atom. The van der Waals surface area contributed by atoms with Crippen molar-refractivity contribution < 1.29 is 0 Å². The van der Waals surface area contributed by atoms with E-state index in [-0.39, 0.29) is 5.54 Å². The monoisotopic (exact) mass is 246 g/mol. The molecule has 1 N–H and O–H groups in total. The Kier molecular flexibility index (Phi) is 4.08. The third-order valence-corrected chi connectivity index (χ3v) is 4.23. The molecule has 1 fully saturated rings. The fourth-order valence-electron chi connectivity index (χ4n) is 2.97. The minimum atomic E-state index is 0.257. The minimum Gasteiger partial charge on any atom is -0.313 e. The first kappa shape index (κ1) is 13.6. The van der Waals surface area contributed by atoms with E-state index in [1.54, 1.807) is 0 Å². The van der Waals surface area contributed by atoms with Crippen LogP contribution >= 0.6 is 0 Å². The van der Waals surface area contributed by atoms with Crippen molar-refractivity contribution >= 4 is 0 Å². The molecule has 1 heterocycles. The average molecular weight is 246 g/mol. The van der Waals surface area contributed by atoms with Gasteiger partial charge in [0.15, 0.2) is 0 Å². The molecule has 18 heavy (non-hydrogen) atoms. The van der Waals surface area contributed by atoms with Gasteiger partial charge in [-0.3, -0.25) is 4.90 Å². The molecule has 0 bridgehead atoms. The lowest BCUT2D eigenvalue weighted by Gasteiger charge is -2.42. The van der Waals surface area contributed by atoms with Crippen molar-refractivity contribution in [2.45, 2.75) is 51.7 Å². The minimum absolute atomic E-state index is 0.257. The van der Waals surface area contributed by atoms with Crippen LogP contribution in [0.1, 0.15) is 45.7 Å². The summed E-state index contributed by atoms with van der Waals surface area (Å²) >= 11 is 0. The van der Waals surface area contributed by atoms with Crippen LogP contribution in [0.5, 0.6) is 0 Å². The summed E-state index contributed by atoms with van der Waals surface area (Å²) in [6.07, 6.45) is 1.20. The van der Waals surface area contributed by atoms with E-state index in [1.807, 2.05) is 0 Å². The molecule has 0 spiro atoms. The normalized spacial score (nSPS) is 26.6. The highest BCUT2D eigenvalue weighted by atomic mass is 15.2. The zero-order chi connectivity index (χ0) is 13.2. The third kappa shape index (κ3) is 2.93. The molecule has 0 amide bonds. The van der Waals surface area contributed by atoms with Gasteiger partial charge < -0.3 is 5.32 Å². The quantitative estimate of drug-likeness (QED) is 0.862. The second-order valence-electron chi connectivity index (χ2n) is 6.16. The van der Waals surface area contributed by atoms with Crippen LogP contribution in [0, 0.1) is 0 Å². The van der Waals surface area contributed by atoms with E-state index in [4.69, 9.17) is 0 Å². The summed E-state index contributed by atoms with van der Waals surface area (Å²) in [7, 11) is 0. The van der Waals surface area contributed by atoms with Crippen molar-refractivity contribution in [3.63, 3.8) is 0 Å². The molecule has 1 saturated heterocycles. The summed E-state index contributed by atoms with van der Waals surface area (Å²) in [6.45, 7) is 11.6. The maximum Gasteiger partial charge on any atom is 0.0325 e. The van der Waals surface area contributed by atoms with Crippen molar-refractivity contribution in [1.29, 1.82) is 0 Å². The predicted molar refractivity (Wildman–Crippen MR) is 77.7 cm³/mol. The Bertz CT molecular complexity index is 372. The number of rotatable bonds is 2. The first-order valence-electron chi connectivity index (χ1n) is 7.06. The van der Waals surface area contributed by atoms with Gasteiger partial charge in [0, 0.05) is 24.2 Å². The van der Waals surface area contributed by atoms with Gasteiger partial charge in [0.2, 0.25) is 0 Å². The fourth-order valence-corrected chi connectivity index (χ4v) is 2.97. The number of hydrogen-bond donors (Lipinski definition) is 1. The maximum atomic E-state index is 3.59.